The first-order chi connectivity index (χ1) is 7.79. The van der Waals surface area contributed by atoms with Crippen LogP contribution >= 0.6 is 0 Å². The zero-order chi connectivity index (χ0) is 11.4. The fourth-order valence-electron chi connectivity index (χ4n) is 2.82. The van der Waals surface area contributed by atoms with Crippen molar-refractivity contribution in [3.05, 3.63) is 0 Å². The molecule has 3 nitrogen and oxygen atoms in total. The Morgan fingerprint density at radius 2 is 2.06 bits per heavy atom. The molecule has 94 valence electrons. The topological polar surface area (TPSA) is 49.5 Å². The second-order valence-electron chi connectivity index (χ2n) is 5.67. The van der Waals surface area contributed by atoms with Gasteiger partial charge in [-0.1, -0.05) is 6.42 Å². The van der Waals surface area contributed by atoms with Gasteiger partial charge in [0.25, 0.3) is 0 Å². The zero-order valence-corrected chi connectivity index (χ0v) is 10.3. The lowest BCUT2D eigenvalue weighted by Crippen LogP contribution is -2.44. The zero-order valence-electron chi connectivity index (χ0n) is 10.3. The number of rotatable bonds is 8. The molecule has 0 aromatic heterocycles. The number of hydrogen-bond donors (Lipinski definition) is 2. The van der Waals surface area contributed by atoms with E-state index in [2.05, 4.69) is 4.90 Å². The maximum atomic E-state index is 8.96. The molecular formula is C13H26N2O. The molecule has 2 rings (SSSR count). The van der Waals surface area contributed by atoms with Crippen molar-refractivity contribution in [2.24, 2.45) is 11.1 Å². The molecule has 2 fully saturated rings. The van der Waals surface area contributed by atoms with E-state index in [0.29, 0.717) is 12.0 Å². The van der Waals surface area contributed by atoms with Crippen LogP contribution in [0.15, 0.2) is 0 Å². The summed E-state index contributed by atoms with van der Waals surface area (Å²) in [5.41, 5.74) is 6.25. The molecule has 0 aliphatic heterocycles. The normalized spacial score (nSPS) is 23.4. The van der Waals surface area contributed by atoms with E-state index >= 15 is 0 Å². The maximum Gasteiger partial charge on any atom is 0.0443 e. The first-order valence-electron chi connectivity index (χ1n) is 6.85. The number of hydrogen-bond acceptors (Lipinski definition) is 3. The molecule has 16 heavy (non-hydrogen) atoms. The summed E-state index contributed by atoms with van der Waals surface area (Å²) in [5, 5.41) is 8.96. The Labute approximate surface area is 99.0 Å². The summed E-state index contributed by atoms with van der Waals surface area (Å²) in [6.45, 7) is 3.47. The number of aliphatic hydroxyl groups excluding tert-OH is 1. The van der Waals surface area contributed by atoms with Gasteiger partial charge in [0, 0.05) is 25.7 Å². The quantitative estimate of drug-likeness (QED) is 0.657. The van der Waals surface area contributed by atoms with Crippen LogP contribution < -0.4 is 5.73 Å². The summed E-state index contributed by atoms with van der Waals surface area (Å²) in [7, 11) is 0. The molecule has 0 radical (unpaired) electrons. The predicted molar refractivity (Wildman–Crippen MR) is 66.3 cm³/mol. The van der Waals surface area contributed by atoms with Crippen LogP contribution in [0.4, 0.5) is 0 Å². The van der Waals surface area contributed by atoms with Crippen LogP contribution in [0.25, 0.3) is 0 Å². The van der Waals surface area contributed by atoms with Gasteiger partial charge >= 0.3 is 0 Å². The van der Waals surface area contributed by atoms with Crippen molar-refractivity contribution >= 4 is 0 Å². The van der Waals surface area contributed by atoms with E-state index in [1.165, 1.54) is 45.1 Å². The molecule has 3 heteroatoms. The fraction of sp³-hybridized carbons (Fsp3) is 1.00. The van der Waals surface area contributed by atoms with Gasteiger partial charge < -0.3 is 10.8 Å². The van der Waals surface area contributed by atoms with E-state index < -0.39 is 0 Å². The van der Waals surface area contributed by atoms with Crippen LogP contribution in [-0.4, -0.2) is 42.3 Å². The SMILES string of the molecule is NCCC1(CN(CCCO)C2CCC2)CC1. The van der Waals surface area contributed by atoms with E-state index in [9.17, 15) is 0 Å². The lowest BCUT2D eigenvalue weighted by molar-refractivity contribution is 0.0911. The van der Waals surface area contributed by atoms with E-state index in [-0.39, 0.29) is 0 Å². The molecule has 2 aliphatic carbocycles. The Hall–Kier alpha value is -0.120. The van der Waals surface area contributed by atoms with Crippen molar-refractivity contribution in [1.29, 1.82) is 0 Å². The minimum absolute atomic E-state index is 0.326. The van der Waals surface area contributed by atoms with Crippen molar-refractivity contribution in [3.63, 3.8) is 0 Å². The lowest BCUT2D eigenvalue weighted by Gasteiger charge is -2.39. The Morgan fingerprint density at radius 3 is 2.50 bits per heavy atom. The van der Waals surface area contributed by atoms with Crippen molar-refractivity contribution in [1.82, 2.24) is 4.90 Å². The van der Waals surface area contributed by atoms with E-state index in [4.69, 9.17) is 10.8 Å². The summed E-state index contributed by atoms with van der Waals surface area (Å²) in [4.78, 5) is 2.63. The second-order valence-corrected chi connectivity index (χ2v) is 5.67. The third kappa shape index (κ3) is 2.96. The number of nitrogens with two attached hydrogens (primary N) is 1. The minimum Gasteiger partial charge on any atom is -0.396 e. The maximum absolute atomic E-state index is 8.96. The second kappa shape index (κ2) is 5.48. The molecule has 0 atom stereocenters. The molecule has 0 unspecified atom stereocenters. The third-order valence-corrected chi connectivity index (χ3v) is 4.36. The van der Waals surface area contributed by atoms with Crippen molar-refractivity contribution in [2.45, 2.75) is 51.0 Å². The molecule has 0 spiro atoms. The predicted octanol–water partition coefficient (Wildman–Crippen LogP) is 1.35. The van der Waals surface area contributed by atoms with Gasteiger partial charge in [0.05, 0.1) is 0 Å². The molecule has 0 saturated heterocycles. The van der Waals surface area contributed by atoms with Crippen LogP contribution in [0.5, 0.6) is 0 Å². The molecule has 0 aromatic rings. The summed E-state index contributed by atoms with van der Waals surface area (Å²) >= 11 is 0. The van der Waals surface area contributed by atoms with Crippen molar-refractivity contribution in [2.75, 3.05) is 26.2 Å². The average Bonchev–Trinajstić information content (AvgIpc) is 2.92. The molecule has 0 aromatic carbocycles. The van der Waals surface area contributed by atoms with Gasteiger partial charge in [-0.05, 0) is 50.5 Å². The Balaban J connectivity index is 1.81. The summed E-state index contributed by atoms with van der Waals surface area (Å²) in [6, 6.07) is 0.807. The monoisotopic (exact) mass is 226 g/mol. The van der Waals surface area contributed by atoms with Crippen LogP contribution in [-0.2, 0) is 0 Å². The van der Waals surface area contributed by atoms with Gasteiger partial charge in [-0.2, -0.15) is 0 Å². The Kier molecular flexibility index (Phi) is 4.22. The van der Waals surface area contributed by atoms with Gasteiger partial charge in [0.2, 0.25) is 0 Å². The fourth-order valence-corrected chi connectivity index (χ4v) is 2.82. The van der Waals surface area contributed by atoms with E-state index in [1.807, 2.05) is 0 Å². The van der Waals surface area contributed by atoms with Gasteiger partial charge in [0.1, 0.15) is 0 Å². The lowest BCUT2D eigenvalue weighted by atomic mass is 9.89. The van der Waals surface area contributed by atoms with Gasteiger partial charge in [-0.25, -0.2) is 0 Å². The van der Waals surface area contributed by atoms with Crippen molar-refractivity contribution in [3.8, 4) is 0 Å². The van der Waals surface area contributed by atoms with E-state index in [1.54, 1.807) is 0 Å². The van der Waals surface area contributed by atoms with Crippen LogP contribution in [0, 0.1) is 5.41 Å². The third-order valence-electron chi connectivity index (χ3n) is 4.36. The first-order valence-corrected chi connectivity index (χ1v) is 6.85. The van der Waals surface area contributed by atoms with Crippen LogP contribution in [0.2, 0.25) is 0 Å². The van der Waals surface area contributed by atoms with Crippen LogP contribution in [0.3, 0.4) is 0 Å². The van der Waals surface area contributed by atoms with Gasteiger partial charge in [-0.3, -0.25) is 4.90 Å². The molecule has 0 heterocycles. The highest BCUT2D eigenvalue weighted by molar-refractivity contribution is 4.97. The minimum atomic E-state index is 0.326. The number of aliphatic hydroxyl groups is 1. The molecule has 3 N–H and O–H groups in total. The van der Waals surface area contributed by atoms with Gasteiger partial charge in [0.15, 0.2) is 0 Å². The first kappa shape index (κ1) is 12.3. The summed E-state index contributed by atoms with van der Waals surface area (Å²) in [6.07, 6.45) is 8.97. The molecular weight excluding hydrogens is 200 g/mol. The van der Waals surface area contributed by atoms with Crippen molar-refractivity contribution < 1.29 is 5.11 Å². The highest BCUT2D eigenvalue weighted by Gasteiger charge is 2.44. The summed E-state index contributed by atoms with van der Waals surface area (Å²) < 4.78 is 0. The van der Waals surface area contributed by atoms with E-state index in [0.717, 1.165) is 25.6 Å². The molecule has 0 amide bonds. The standard InChI is InChI=1S/C13H26N2O/c14-8-7-13(5-6-13)11-15(9-2-10-16)12-3-1-4-12/h12,16H,1-11,14H2. The molecule has 2 saturated carbocycles. The molecule has 2 aliphatic rings. The summed E-state index contributed by atoms with van der Waals surface area (Å²) in [5.74, 6) is 0. The molecule has 0 bridgehead atoms. The number of nitrogens with zero attached hydrogens (tertiary/aromatic N) is 1. The Morgan fingerprint density at radius 1 is 1.31 bits per heavy atom. The highest BCUT2D eigenvalue weighted by Crippen LogP contribution is 2.49. The van der Waals surface area contributed by atoms with Gasteiger partial charge in [-0.15, -0.1) is 0 Å². The Bertz CT molecular complexity index is 212. The average molecular weight is 226 g/mol. The smallest absolute Gasteiger partial charge is 0.0443 e. The largest absolute Gasteiger partial charge is 0.396 e. The van der Waals surface area contributed by atoms with Crippen LogP contribution in [0.1, 0.15) is 44.9 Å². The highest BCUT2D eigenvalue weighted by atomic mass is 16.3.